The first kappa shape index (κ1) is 11.2. The number of nitrogens with one attached hydrogen (secondary N) is 1. The lowest BCUT2D eigenvalue weighted by Crippen LogP contribution is -2.38. The lowest BCUT2D eigenvalue weighted by atomic mass is 10.00. The number of ether oxygens (including phenoxy) is 1. The van der Waals surface area contributed by atoms with Crippen LogP contribution in [-0.4, -0.2) is 18.8 Å². The van der Waals surface area contributed by atoms with Crippen LogP contribution in [0.25, 0.3) is 0 Å². The quantitative estimate of drug-likeness (QED) is 0.845. The van der Waals surface area contributed by atoms with Gasteiger partial charge in [-0.05, 0) is 36.8 Å². The van der Waals surface area contributed by atoms with Gasteiger partial charge in [-0.15, -0.1) is 0 Å². The third-order valence-corrected chi connectivity index (χ3v) is 4.27. The van der Waals surface area contributed by atoms with Crippen molar-refractivity contribution in [2.45, 2.75) is 44.9 Å². The zero-order chi connectivity index (χ0) is 11.8. The van der Waals surface area contributed by atoms with Crippen molar-refractivity contribution in [3.8, 4) is 0 Å². The Bertz CT molecular complexity index is 404. The molecule has 0 bridgehead atoms. The summed E-state index contributed by atoms with van der Waals surface area (Å²) < 4.78 is 5.64. The lowest BCUT2D eigenvalue weighted by molar-refractivity contribution is 0.109. The highest BCUT2D eigenvalue weighted by molar-refractivity contribution is 5.35. The first-order valence-corrected chi connectivity index (χ1v) is 6.71. The molecule has 1 aromatic rings. The SMILES string of the molecule is C[C@@H]1Cc2ccccc2[C@@H]1N[C@H]1CCO[C@@H]1C. The second-order valence-corrected chi connectivity index (χ2v) is 5.50. The van der Waals surface area contributed by atoms with Gasteiger partial charge in [0.05, 0.1) is 6.10 Å². The van der Waals surface area contributed by atoms with Gasteiger partial charge in [0.25, 0.3) is 0 Å². The van der Waals surface area contributed by atoms with E-state index in [9.17, 15) is 0 Å². The molecule has 1 aromatic carbocycles. The van der Waals surface area contributed by atoms with E-state index in [0.29, 0.717) is 24.1 Å². The van der Waals surface area contributed by atoms with E-state index < -0.39 is 0 Å². The van der Waals surface area contributed by atoms with E-state index in [1.807, 2.05) is 0 Å². The van der Waals surface area contributed by atoms with Crippen molar-refractivity contribution in [2.24, 2.45) is 5.92 Å². The minimum Gasteiger partial charge on any atom is -0.377 e. The van der Waals surface area contributed by atoms with Crippen molar-refractivity contribution in [3.63, 3.8) is 0 Å². The molecule has 0 saturated carbocycles. The second kappa shape index (κ2) is 4.43. The number of benzene rings is 1. The molecule has 0 spiro atoms. The standard InChI is InChI=1S/C15H21NO/c1-10-9-12-5-3-4-6-13(12)15(10)16-14-7-8-17-11(14)2/h3-6,10-11,14-16H,7-9H2,1-2H3/t10-,11-,14+,15-/m1/s1. The Labute approximate surface area is 103 Å². The van der Waals surface area contributed by atoms with Gasteiger partial charge in [-0.3, -0.25) is 0 Å². The third kappa shape index (κ3) is 2.00. The molecule has 2 heteroatoms. The van der Waals surface area contributed by atoms with Gasteiger partial charge < -0.3 is 10.1 Å². The Kier molecular flexibility index (Phi) is 2.93. The van der Waals surface area contributed by atoms with E-state index in [1.165, 1.54) is 17.5 Å². The molecule has 17 heavy (non-hydrogen) atoms. The highest BCUT2D eigenvalue weighted by Crippen LogP contribution is 2.36. The summed E-state index contributed by atoms with van der Waals surface area (Å²) in [6.07, 6.45) is 2.71. The average Bonchev–Trinajstić information content (AvgIpc) is 2.85. The predicted molar refractivity (Wildman–Crippen MR) is 69.0 cm³/mol. The minimum absolute atomic E-state index is 0.356. The van der Waals surface area contributed by atoms with Crippen LogP contribution in [-0.2, 0) is 11.2 Å². The van der Waals surface area contributed by atoms with Gasteiger partial charge in [-0.25, -0.2) is 0 Å². The molecule has 0 aromatic heterocycles. The molecule has 1 aliphatic heterocycles. The number of hydrogen-bond acceptors (Lipinski definition) is 2. The summed E-state index contributed by atoms with van der Waals surface area (Å²) in [5.41, 5.74) is 3.02. The third-order valence-electron chi connectivity index (χ3n) is 4.27. The zero-order valence-electron chi connectivity index (χ0n) is 10.6. The van der Waals surface area contributed by atoms with Crippen molar-refractivity contribution in [1.29, 1.82) is 0 Å². The predicted octanol–water partition coefficient (Wildman–Crippen LogP) is 2.69. The van der Waals surface area contributed by atoms with Gasteiger partial charge >= 0.3 is 0 Å². The molecule has 1 saturated heterocycles. The topological polar surface area (TPSA) is 21.3 Å². The molecule has 0 unspecified atom stereocenters. The Morgan fingerprint density at radius 3 is 2.82 bits per heavy atom. The monoisotopic (exact) mass is 231 g/mol. The van der Waals surface area contributed by atoms with Crippen molar-refractivity contribution in [3.05, 3.63) is 35.4 Å². The smallest absolute Gasteiger partial charge is 0.0700 e. The summed E-state index contributed by atoms with van der Waals surface area (Å²) >= 11 is 0. The molecular weight excluding hydrogens is 210 g/mol. The molecule has 2 nitrogen and oxygen atoms in total. The molecule has 1 fully saturated rings. The Morgan fingerprint density at radius 1 is 1.24 bits per heavy atom. The maximum absolute atomic E-state index is 5.64. The fourth-order valence-corrected chi connectivity index (χ4v) is 3.23. The first-order chi connectivity index (χ1) is 8.25. The molecule has 1 heterocycles. The lowest BCUT2D eigenvalue weighted by Gasteiger charge is -2.25. The molecule has 2 aliphatic rings. The summed E-state index contributed by atoms with van der Waals surface area (Å²) in [7, 11) is 0. The minimum atomic E-state index is 0.356. The molecular formula is C15H21NO. The molecule has 4 atom stereocenters. The van der Waals surface area contributed by atoms with Gasteiger partial charge in [-0.1, -0.05) is 31.2 Å². The zero-order valence-corrected chi connectivity index (χ0v) is 10.6. The molecule has 3 rings (SSSR count). The summed E-state index contributed by atoms with van der Waals surface area (Å²) in [6.45, 7) is 5.43. The largest absolute Gasteiger partial charge is 0.377 e. The van der Waals surface area contributed by atoms with E-state index in [0.717, 1.165) is 13.0 Å². The van der Waals surface area contributed by atoms with E-state index >= 15 is 0 Å². The summed E-state index contributed by atoms with van der Waals surface area (Å²) in [6, 6.07) is 9.88. The van der Waals surface area contributed by atoms with Gasteiger partial charge in [0.15, 0.2) is 0 Å². The molecule has 1 aliphatic carbocycles. The van der Waals surface area contributed by atoms with Crippen molar-refractivity contribution >= 4 is 0 Å². The van der Waals surface area contributed by atoms with Crippen LogP contribution in [0.2, 0.25) is 0 Å². The van der Waals surface area contributed by atoms with E-state index in [-0.39, 0.29) is 0 Å². The van der Waals surface area contributed by atoms with Crippen LogP contribution in [0.15, 0.2) is 24.3 Å². The summed E-state index contributed by atoms with van der Waals surface area (Å²) in [5.74, 6) is 0.695. The highest BCUT2D eigenvalue weighted by atomic mass is 16.5. The van der Waals surface area contributed by atoms with Crippen LogP contribution in [0.1, 0.15) is 37.4 Å². The Balaban J connectivity index is 1.79. The van der Waals surface area contributed by atoms with Gasteiger partial charge in [0.1, 0.15) is 0 Å². The second-order valence-electron chi connectivity index (χ2n) is 5.50. The molecule has 1 N–H and O–H groups in total. The van der Waals surface area contributed by atoms with Crippen LogP contribution in [0.4, 0.5) is 0 Å². The van der Waals surface area contributed by atoms with Crippen LogP contribution in [0.5, 0.6) is 0 Å². The average molecular weight is 231 g/mol. The summed E-state index contributed by atoms with van der Waals surface area (Å²) in [5, 5.41) is 3.81. The van der Waals surface area contributed by atoms with Gasteiger partial charge in [-0.2, -0.15) is 0 Å². The van der Waals surface area contributed by atoms with Crippen molar-refractivity contribution < 1.29 is 4.74 Å². The van der Waals surface area contributed by atoms with Crippen molar-refractivity contribution in [1.82, 2.24) is 5.32 Å². The maximum Gasteiger partial charge on any atom is 0.0700 e. The number of fused-ring (bicyclic) bond motifs is 1. The maximum atomic E-state index is 5.64. The number of hydrogen-bond donors (Lipinski definition) is 1. The molecule has 92 valence electrons. The van der Waals surface area contributed by atoms with E-state index in [2.05, 4.69) is 43.4 Å². The van der Waals surface area contributed by atoms with Crippen LogP contribution in [0.3, 0.4) is 0 Å². The van der Waals surface area contributed by atoms with E-state index in [1.54, 1.807) is 0 Å². The van der Waals surface area contributed by atoms with E-state index in [4.69, 9.17) is 4.74 Å². The van der Waals surface area contributed by atoms with Crippen LogP contribution >= 0.6 is 0 Å². The fourth-order valence-electron chi connectivity index (χ4n) is 3.23. The normalized spacial score (nSPS) is 36.1. The fraction of sp³-hybridized carbons (Fsp3) is 0.600. The molecule has 0 radical (unpaired) electrons. The van der Waals surface area contributed by atoms with Crippen LogP contribution in [0, 0.1) is 5.92 Å². The van der Waals surface area contributed by atoms with Crippen LogP contribution < -0.4 is 5.32 Å². The first-order valence-electron chi connectivity index (χ1n) is 6.71. The van der Waals surface area contributed by atoms with Gasteiger partial charge in [0.2, 0.25) is 0 Å². The highest BCUT2D eigenvalue weighted by Gasteiger charge is 2.33. The van der Waals surface area contributed by atoms with Gasteiger partial charge in [0, 0.05) is 18.7 Å². The Morgan fingerprint density at radius 2 is 2.06 bits per heavy atom. The number of rotatable bonds is 2. The summed E-state index contributed by atoms with van der Waals surface area (Å²) in [4.78, 5) is 0. The Hall–Kier alpha value is -0.860. The van der Waals surface area contributed by atoms with Crippen molar-refractivity contribution in [2.75, 3.05) is 6.61 Å². The molecule has 0 amide bonds.